The minimum absolute atomic E-state index is 0.342. The molecule has 0 radical (unpaired) electrons. The van der Waals surface area contributed by atoms with Crippen LogP contribution in [0.2, 0.25) is 0 Å². The highest BCUT2D eigenvalue weighted by atomic mass is 15.5. The Balaban J connectivity index is 2.02. The van der Waals surface area contributed by atoms with Gasteiger partial charge in [0.2, 0.25) is 0 Å². The number of anilines is 1. The first-order chi connectivity index (χ1) is 9.59. The van der Waals surface area contributed by atoms with Crippen LogP contribution in [-0.4, -0.2) is 22.8 Å². The van der Waals surface area contributed by atoms with Gasteiger partial charge in [0.25, 0.3) is 0 Å². The number of hydrogen-bond donors (Lipinski definition) is 0. The lowest BCUT2D eigenvalue weighted by molar-refractivity contribution is -0.732. The van der Waals surface area contributed by atoms with Crippen molar-refractivity contribution in [1.29, 1.82) is 0 Å². The molecule has 0 unspecified atom stereocenters. The lowest BCUT2D eigenvalue weighted by Crippen LogP contribution is -2.45. The second-order valence-electron chi connectivity index (χ2n) is 5.33. The number of para-hydroxylation sites is 1. The molecule has 0 saturated heterocycles. The van der Waals surface area contributed by atoms with E-state index in [0.29, 0.717) is 6.17 Å². The van der Waals surface area contributed by atoms with E-state index in [9.17, 15) is 0 Å². The summed E-state index contributed by atoms with van der Waals surface area (Å²) in [5.41, 5.74) is 2.48. The number of aromatic nitrogens is 2. The van der Waals surface area contributed by atoms with Crippen molar-refractivity contribution in [3.05, 3.63) is 54.5 Å². The fourth-order valence-electron chi connectivity index (χ4n) is 2.66. The summed E-state index contributed by atoms with van der Waals surface area (Å²) in [4.78, 5) is 4.47. The maximum atomic E-state index is 2.27. The van der Waals surface area contributed by atoms with Gasteiger partial charge in [-0.25, -0.2) is 4.90 Å². The average molecular weight is 269 g/mol. The van der Waals surface area contributed by atoms with Crippen molar-refractivity contribution in [2.24, 2.45) is 7.05 Å². The van der Waals surface area contributed by atoms with Crippen molar-refractivity contribution in [3.63, 3.8) is 0 Å². The van der Waals surface area contributed by atoms with E-state index < -0.39 is 0 Å². The largest absolute Gasteiger partial charge is 0.339 e. The van der Waals surface area contributed by atoms with Crippen molar-refractivity contribution in [3.8, 4) is 5.69 Å². The molecule has 1 aliphatic rings. The molecule has 4 heteroatoms. The maximum absolute atomic E-state index is 2.27. The highest BCUT2D eigenvalue weighted by Crippen LogP contribution is 2.21. The highest BCUT2D eigenvalue weighted by molar-refractivity contribution is 5.43. The summed E-state index contributed by atoms with van der Waals surface area (Å²) in [5.74, 6) is 1.18. The molecule has 0 spiro atoms. The number of rotatable bonds is 2. The van der Waals surface area contributed by atoms with Crippen molar-refractivity contribution >= 4 is 5.82 Å². The second kappa shape index (κ2) is 4.71. The number of nitrogens with zero attached hydrogens (tertiary/aromatic N) is 4. The van der Waals surface area contributed by atoms with Crippen LogP contribution in [-0.2, 0) is 7.05 Å². The molecular formula is C16H21N4+. The molecule has 0 amide bonds. The van der Waals surface area contributed by atoms with Gasteiger partial charge in [-0.1, -0.05) is 18.2 Å². The van der Waals surface area contributed by atoms with E-state index in [2.05, 4.69) is 96.0 Å². The van der Waals surface area contributed by atoms with Crippen LogP contribution in [0.1, 0.15) is 12.5 Å². The molecule has 1 aliphatic heterocycles. The quantitative estimate of drug-likeness (QED) is 0.776. The van der Waals surface area contributed by atoms with E-state index in [1.807, 2.05) is 0 Å². The van der Waals surface area contributed by atoms with Gasteiger partial charge >= 0.3 is 5.82 Å². The lowest BCUT2D eigenvalue weighted by Gasteiger charge is -2.20. The summed E-state index contributed by atoms with van der Waals surface area (Å²) in [6.45, 7) is 4.34. The Morgan fingerprint density at radius 3 is 2.50 bits per heavy atom. The van der Waals surface area contributed by atoms with Gasteiger partial charge in [0.1, 0.15) is 13.2 Å². The molecule has 2 aromatic rings. The van der Waals surface area contributed by atoms with E-state index in [1.165, 1.54) is 17.1 Å². The third-order valence-electron chi connectivity index (χ3n) is 4.10. The van der Waals surface area contributed by atoms with E-state index in [0.717, 1.165) is 0 Å². The average Bonchev–Trinajstić information content (AvgIpc) is 2.95. The molecule has 0 fully saturated rings. The summed E-state index contributed by atoms with van der Waals surface area (Å²) in [5, 5.41) is 0. The third-order valence-corrected chi connectivity index (χ3v) is 4.10. The van der Waals surface area contributed by atoms with E-state index in [1.54, 1.807) is 0 Å². The Morgan fingerprint density at radius 1 is 1.10 bits per heavy atom. The molecule has 0 N–H and O–H groups in total. The molecule has 3 rings (SSSR count). The van der Waals surface area contributed by atoms with Crippen molar-refractivity contribution in [2.45, 2.75) is 20.0 Å². The Labute approximate surface area is 120 Å². The zero-order valence-electron chi connectivity index (χ0n) is 12.5. The molecule has 4 nitrogen and oxygen atoms in total. The standard InChI is InChI=1S/C16H21N4/c1-13-7-5-6-8-15(13)20-10-9-16(18(20)4)19-12-11-17(3)14(19)2/h5-12,14H,1-4H3/q+1/t14-/m0/s1. The van der Waals surface area contributed by atoms with Crippen molar-refractivity contribution in [1.82, 2.24) is 9.58 Å². The summed E-state index contributed by atoms with van der Waals surface area (Å²) < 4.78 is 4.37. The van der Waals surface area contributed by atoms with Crippen molar-refractivity contribution in [2.75, 3.05) is 11.9 Å². The topological polar surface area (TPSA) is 15.3 Å². The Kier molecular flexibility index (Phi) is 3.01. The van der Waals surface area contributed by atoms with Crippen LogP contribution in [0.3, 0.4) is 0 Å². The predicted molar refractivity (Wildman–Crippen MR) is 80.5 cm³/mol. The van der Waals surface area contributed by atoms with Crippen LogP contribution in [0.5, 0.6) is 0 Å². The van der Waals surface area contributed by atoms with Crippen LogP contribution < -0.4 is 9.58 Å². The van der Waals surface area contributed by atoms with Gasteiger partial charge in [0.05, 0.1) is 18.0 Å². The van der Waals surface area contributed by atoms with Crippen LogP contribution in [0.25, 0.3) is 5.69 Å². The van der Waals surface area contributed by atoms with Gasteiger partial charge in [-0.2, -0.15) is 9.36 Å². The minimum atomic E-state index is 0.342. The normalized spacial score (nSPS) is 18.1. The van der Waals surface area contributed by atoms with E-state index >= 15 is 0 Å². The lowest BCUT2D eigenvalue weighted by atomic mass is 10.2. The number of hydrogen-bond acceptors (Lipinski definition) is 2. The van der Waals surface area contributed by atoms with E-state index in [-0.39, 0.29) is 0 Å². The molecular weight excluding hydrogens is 248 g/mol. The van der Waals surface area contributed by atoms with E-state index in [4.69, 9.17) is 0 Å². The highest BCUT2D eigenvalue weighted by Gasteiger charge is 2.30. The SMILES string of the molecule is Cc1ccccc1-n1ccc(N2C=CN(C)[C@@H]2C)[n+]1C. The Morgan fingerprint density at radius 2 is 1.85 bits per heavy atom. The van der Waals surface area contributed by atoms with Gasteiger partial charge in [-0.05, 0) is 25.5 Å². The van der Waals surface area contributed by atoms with Gasteiger partial charge in [0, 0.05) is 13.2 Å². The van der Waals surface area contributed by atoms with Gasteiger partial charge in [-0.3, -0.25) is 0 Å². The fourth-order valence-corrected chi connectivity index (χ4v) is 2.66. The summed E-state index contributed by atoms with van der Waals surface area (Å²) in [6.07, 6.45) is 6.70. The smallest absolute Gasteiger partial charge is 0.303 e. The van der Waals surface area contributed by atoms with Crippen LogP contribution >= 0.6 is 0 Å². The van der Waals surface area contributed by atoms with Crippen LogP contribution in [0, 0.1) is 6.92 Å². The first kappa shape index (κ1) is 12.8. The van der Waals surface area contributed by atoms with Gasteiger partial charge in [0.15, 0.2) is 6.17 Å². The summed E-state index contributed by atoms with van der Waals surface area (Å²) in [6, 6.07) is 10.6. The molecule has 0 bridgehead atoms. The number of benzene rings is 1. The Hall–Kier alpha value is -2.23. The third kappa shape index (κ3) is 1.88. The first-order valence-electron chi connectivity index (χ1n) is 6.92. The van der Waals surface area contributed by atoms with Crippen LogP contribution in [0.15, 0.2) is 48.9 Å². The molecule has 2 heterocycles. The predicted octanol–water partition coefficient (Wildman–Crippen LogP) is 2.18. The zero-order valence-corrected chi connectivity index (χ0v) is 12.5. The minimum Gasteiger partial charge on any atom is -0.339 e. The first-order valence-corrected chi connectivity index (χ1v) is 6.92. The zero-order chi connectivity index (χ0) is 14.3. The van der Waals surface area contributed by atoms with Crippen LogP contribution in [0.4, 0.5) is 5.82 Å². The second-order valence-corrected chi connectivity index (χ2v) is 5.33. The fraction of sp³-hybridized carbons (Fsp3) is 0.312. The summed E-state index contributed by atoms with van der Waals surface area (Å²) in [7, 11) is 4.19. The molecule has 0 aliphatic carbocycles. The monoisotopic (exact) mass is 269 g/mol. The van der Waals surface area contributed by atoms with Gasteiger partial charge in [-0.15, -0.1) is 0 Å². The molecule has 1 aromatic carbocycles. The molecule has 20 heavy (non-hydrogen) atoms. The number of aryl methyl sites for hydroxylation is 1. The molecule has 104 valence electrons. The Bertz CT molecular complexity index is 656. The maximum Gasteiger partial charge on any atom is 0.303 e. The molecule has 1 aromatic heterocycles. The van der Waals surface area contributed by atoms with Crippen molar-refractivity contribution < 1.29 is 4.68 Å². The summed E-state index contributed by atoms with van der Waals surface area (Å²) >= 11 is 0. The molecule has 1 atom stereocenters. The van der Waals surface area contributed by atoms with Gasteiger partial charge < -0.3 is 4.90 Å². The molecule has 0 saturated carbocycles.